The number of nitrogens with zero attached hydrogens (tertiary/aromatic N) is 3. The molecule has 112 valence electrons. The maximum absolute atomic E-state index is 9.15. The molecule has 0 amide bonds. The number of rotatable bonds is 4. The first-order valence-electron chi connectivity index (χ1n) is 7.09. The van der Waals surface area contributed by atoms with Crippen LogP contribution in [0.2, 0.25) is 0 Å². The van der Waals surface area contributed by atoms with Crippen molar-refractivity contribution in [2.45, 2.75) is 19.6 Å². The predicted molar refractivity (Wildman–Crippen MR) is 76.6 cm³/mol. The van der Waals surface area contributed by atoms with Gasteiger partial charge in [0.2, 0.25) is 0 Å². The zero-order chi connectivity index (χ0) is 14.7. The van der Waals surface area contributed by atoms with Crippen molar-refractivity contribution in [1.29, 1.82) is 0 Å². The van der Waals surface area contributed by atoms with Crippen LogP contribution in [0, 0.1) is 6.92 Å². The zero-order valence-electron chi connectivity index (χ0n) is 12.0. The number of benzene rings is 1. The largest absolute Gasteiger partial charge is 0.394 e. The first kappa shape index (κ1) is 14.2. The maximum Gasteiger partial charge on any atom is 0.257 e. The predicted octanol–water partition coefficient (Wildman–Crippen LogP) is 1.24. The maximum atomic E-state index is 9.15. The minimum atomic E-state index is -0.123. The third-order valence-electron chi connectivity index (χ3n) is 3.52. The van der Waals surface area contributed by atoms with Crippen LogP contribution in [0.1, 0.15) is 11.4 Å². The molecule has 6 nitrogen and oxygen atoms in total. The standard InChI is InChI=1S/C15H19N3O3/c1-11-3-2-4-12(7-11)15-16-14(17-21-15)9-18-5-6-20-13(8-18)10-19/h2-4,7,13,19H,5-6,8-10H2,1H3. The van der Waals surface area contributed by atoms with Crippen molar-refractivity contribution in [2.24, 2.45) is 0 Å². The molecule has 1 aliphatic rings. The van der Waals surface area contributed by atoms with Crippen molar-refractivity contribution < 1.29 is 14.4 Å². The van der Waals surface area contributed by atoms with Gasteiger partial charge in [0, 0.05) is 18.7 Å². The SMILES string of the molecule is Cc1cccc(-c2nc(CN3CCOC(CO)C3)no2)c1. The van der Waals surface area contributed by atoms with E-state index in [1.807, 2.05) is 31.2 Å². The Hall–Kier alpha value is -1.76. The van der Waals surface area contributed by atoms with Gasteiger partial charge in [-0.2, -0.15) is 4.98 Å². The molecule has 0 spiro atoms. The van der Waals surface area contributed by atoms with Gasteiger partial charge in [-0.15, -0.1) is 0 Å². The summed E-state index contributed by atoms with van der Waals surface area (Å²) in [5.74, 6) is 1.20. The summed E-state index contributed by atoms with van der Waals surface area (Å²) in [4.78, 5) is 6.61. The third-order valence-corrected chi connectivity index (χ3v) is 3.52. The fourth-order valence-corrected chi connectivity index (χ4v) is 2.45. The van der Waals surface area contributed by atoms with Crippen molar-refractivity contribution in [3.8, 4) is 11.5 Å². The molecule has 2 aromatic rings. The van der Waals surface area contributed by atoms with E-state index in [0.717, 1.165) is 17.7 Å². The molecule has 1 saturated heterocycles. The molecule has 1 fully saturated rings. The summed E-state index contributed by atoms with van der Waals surface area (Å²) in [6.07, 6.45) is -0.123. The van der Waals surface area contributed by atoms with Gasteiger partial charge in [0.1, 0.15) is 0 Å². The number of ether oxygens (including phenoxy) is 1. The quantitative estimate of drug-likeness (QED) is 0.913. The summed E-state index contributed by atoms with van der Waals surface area (Å²) in [7, 11) is 0. The molecule has 21 heavy (non-hydrogen) atoms. The second-order valence-corrected chi connectivity index (χ2v) is 5.30. The highest BCUT2D eigenvalue weighted by atomic mass is 16.5. The van der Waals surface area contributed by atoms with E-state index >= 15 is 0 Å². The molecular formula is C15H19N3O3. The summed E-state index contributed by atoms with van der Waals surface area (Å²) in [6, 6.07) is 7.99. The number of aryl methyl sites for hydroxylation is 1. The molecule has 1 N–H and O–H groups in total. The van der Waals surface area contributed by atoms with Crippen LogP contribution in [-0.2, 0) is 11.3 Å². The van der Waals surface area contributed by atoms with Crippen LogP contribution in [0.4, 0.5) is 0 Å². The van der Waals surface area contributed by atoms with E-state index in [1.165, 1.54) is 0 Å². The third kappa shape index (κ3) is 3.47. The van der Waals surface area contributed by atoms with Crippen LogP contribution in [0.5, 0.6) is 0 Å². The lowest BCUT2D eigenvalue weighted by Gasteiger charge is -2.30. The highest BCUT2D eigenvalue weighted by Crippen LogP contribution is 2.19. The average molecular weight is 289 g/mol. The number of aliphatic hydroxyl groups excluding tert-OH is 1. The number of hydrogen-bond acceptors (Lipinski definition) is 6. The Balaban J connectivity index is 1.68. The van der Waals surface area contributed by atoms with Crippen molar-refractivity contribution >= 4 is 0 Å². The molecule has 1 aliphatic heterocycles. The van der Waals surface area contributed by atoms with E-state index in [1.54, 1.807) is 0 Å². The van der Waals surface area contributed by atoms with Gasteiger partial charge in [0.25, 0.3) is 5.89 Å². The molecule has 1 unspecified atom stereocenters. The van der Waals surface area contributed by atoms with Crippen LogP contribution in [0.25, 0.3) is 11.5 Å². The van der Waals surface area contributed by atoms with Gasteiger partial charge in [-0.25, -0.2) is 0 Å². The Morgan fingerprint density at radius 2 is 2.33 bits per heavy atom. The summed E-state index contributed by atoms with van der Waals surface area (Å²) in [5, 5.41) is 13.2. The molecule has 1 atom stereocenters. The fraction of sp³-hybridized carbons (Fsp3) is 0.467. The van der Waals surface area contributed by atoms with Gasteiger partial charge in [0.05, 0.1) is 25.9 Å². The minimum Gasteiger partial charge on any atom is -0.394 e. The Morgan fingerprint density at radius 1 is 1.43 bits per heavy atom. The van der Waals surface area contributed by atoms with Gasteiger partial charge < -0.3 is 14.4 Å². The van der Waals surface area contributed by atoms with E-state index in [4.69, 9.17) is 14.4 Å². The van der Waals surface area contributed by atoms with Gasteiger partial charge in [-0.05, 0) is 19.1 Å². The summed E-state index contributed by atoms with van der Waals surface area (Å²) >= 11 is 0. The smallest absolute Gasteiger partial charge is 0.257 e. The molecule has 3 rings (SSSR count). The first-order valence-corrected chi connectivity index (χ1v) is 7.09. The number of aromatic nitrogens is 2. The van der Waals surface area contributed by atoms with Crippen LogP contribution in [0.15, 0.2) is 28.8 Å². The van der Waals surface area contributed by atoms with E-state index in [0.29, 0.717) is 31.4 Å². The molecule has 6 heteroatoms. The molecule has 0 aliphatic carbocycles. The second kappa shape index (κ2) is 6.34. The summed E-state index contributed by atoms with van der Waals surface area (Å²) in [6.45, 7) is 4.79. The highest BCUT2D eigenvalue weighted by molar-refractivity contribution is 5.53. The van der Waals surface area contributed by atoms with Crippen LogP contribution in [-0.4, -0.2) is 52.6 Å². The fourth-order valence-electron chi connectivity index (χ4n) is 2.45. The van der Waals surface area contributed by atoms with E-state index < -0.39 is 0 Å². The monoisotopic (exact) mass is 289 g/mol. The lowest BCUT2D eigenvalue weighted by Crippen LogP contribution is -2.43. The zero-order valence-corrected chi connectivity index (χ0v) is 12.0. The molecule has 2 heterocycles. The van der Waals surface area contributed by atoms with Gasteiger partial charge in [0.15, 0.2) is 5.82 Å². The van der Waals surface area contributed by atoms with Crippen LogP contribution >= 0.6 is 0 Å². The minimum absolute atomic E-state index is 0.0390. The topological polar surface area (TPSA) is 71.6 Å². The van der Waals surface area contributed by atoms with Crippen molar-refractivity contribution in [3.05, 3.63) is 35.7 Å². The number of morpholine rings is 1. The molecule has 0 saturated carbocycles. The highest BCUT2D eigenvalue weighted by Gasteiger charge is 2.21. The summed E-state index contributed by atoms with van der Waals surface area (Å²) < 4.78 is 10.8. The summed E-state index contributed by atoms with van der Waals surface area (Å²) in [5.41, 5.74) is 2.09. The Bertz CT molecular complexity index is 599. The van der Waals surface area contributed by atoms with Crippen molar-refractivity contribution in [3.63, 3.8) is 0 Å². The normalized spacial score (nSPS) is 19.8. The Kier molecular flexibility index (Phi) is 4.28. The molecular weight excluding hydrogens is 270 g/mol. The van der Waals surface area contributed by atoms with E-state index in [9.17, 15) is 0 Å². The van der Waals surface area contributed by atoms with Crippen molar-refractivity contribution in [1.82, 2.24) is 15.0 Å². The second-order valence-electron chi connectivity index (χ2n) is 5.30. The van der Waals surface area contributed by atoms with Gasteiger partial charge in [-0.1, -0.05) is 22.9 Å². The molecule has 0 radical (unpaired) electrons. The average Bonchev–Trinajstić information content (AvgIpc) is 2.96. The van der Waals surface area contributed by atoms with Gasteiger partial charge >= 0.3 is 0 Å². The molecule has 0 bridgehead atoms. The van der Waals surface area contributed by atoms with Gasteiger partial charge in [-0.3, -0.25) is 4.90 Å². The number of aliphatic hydroxyl groups is 1. The van der Waals surface area contributed by atoms with Crippen LogP contribution in [0.3, 0.4) is 0 Å². The molecule has 1 aromatic carbocycles. The number of hydrogen-bond donors (Lipinski definition) is 1. The van der Waals surface area contributed by atoms with E-state index in [-0.39, 0.29) is 12.7 Å². The van der Waals surface area contributed by atoms with Crippen molar-refractivity contribution in [2.75, 3.05) is 26.3 Å². The Morgan fingerprint density at radius 3 is 3.14 bits per heavy atom. The Labute approximate surface area is 123 Å². The van der Waals surface area contributed by atoms with Crippen LogP contribution < -0.4 is 0 Å². The lowest BCUT2D eigenvalue weighted by molar-refractivity contribution is -0.0558. The first-order chi connectivity index (χ1) is 10.2. The molecule has 1 aromatic heterocycles. The van der Waals surface area contributed by atoms with E-state index in [2.05, 4.69) is 15.0 Å². The lowest BCUT2D eigenvalue weighted by atomic mass is 10.1.